The van der Waals surface area contributed by atoms with Crippen LogP contribution in [0.3, 0.4) is 0 Å². The van der Waals surface area contributed by atoms with E-state index in [4.69, 9.17) is 5.11 Å². The highest BCUT2D eigenvalue weighted by Gasteiger charge is 2.18. The molecule has 0 radical (unpaired) electrons. The monoisotopic (exact) mass is 261 g/mol. The van der Waals surface area contributed by atoms with Gasteiger partial charge in [-0.1, -0.05) is 30.3 Å². The van der Waals surface area contributed by atoms with Crippen LogP contribution in [0, 0.1) is 0 Å². The molecule has 0 aliphatic rings. The van der Waals surface area contributed by atoms with Crippen LogP contribution in [0.15, 0.2) is 41.5 Å². The average molecular weight is 261 g/mol. The van der Waals surface area contributed by atoms with Gasteiger partial charge in [-0.3, -0.25) is 4.79 Å². The van der Waals surface area contributed by atoms with E-state index in [1.54, 1.807) is 11.8 Å². The number of benzene rings is 1. The number of carboxylic acids is 1. The van der Waals surface area contributed by atoms with Crippen molar-refractivity contribution >= 4 is 11.9 Å². The van der Waals surface area contributed by atoms with Gasteiger partial charge < -0.3 is 10.0 Å². The van der Waals surface area contributed by atoms with Crippen molar-refractivity contribution in [1.29, 1.82) is 0 Å². The van der Waals surface area contributed by atoms with Crippen LogP contribution in [0.25, 0.3) is 0 Å². The first kappa shape index (κ1) is 15.0. The van der Waals surface area contributed by atoms with Gasteiger partial charge in [-0.05, 0) is 26.3 Å². The summed E-state index contributed by atoms with van der Waals surface area (Å²) in [5.74, 6) is -1.28. The van der Waals surface area contributed by atoms with Crippen LogP contribution in [-0.4, -0.2) is 28.4 Å². The SMILES string of the molecule is CCN(Cc1ccccc1)C(=O)/C(C)=C(/C)C(=O)O. The number of carboxylic acid groups (broad SMARTS) is 1. The van der Waals surface area contributed by atoms with Gasteiger partial charge in [0.05, 0.1) is 0 Å². The summed E-state index contributed by atoms with van der Waals surface area (Å²) in [7, 11) is 0. The Hall–Kier alpha value is -2.10. The second kappa shape index (κ2) is 6.73. The van der Waals surface area contributed by atoms with Crippen molar-refractivity contribution in [3.05, 3.63) is 47.0 Å². The lowest BCUT2D eigenvalue weighted by Crippen LogP contribution is -2.31. The van der Waals surface area contributed by atoms with Gasteiger partial charge in [-0.2, -0.15) is 0 Å². The van der Waals surface area contributed by atoms with E-state index in [-0.39, 0.29) is 17.1 Å². The third-order valence-corrected chi connectivity index (χ3v) is 3.09. The molecule has 0 unspecified atom stereocenters. The van der Waals surface area contributed by atoms with E-state index in [0.29, 0.717) is 13.1 Å². The topological polar surface area (TPSA) is 57.6 Å². The molecule has 1 rings (SSSR count). The van der Waals surface area contributed by atoms with E-state index in [1.165, 1.54) is 6.92 Å². The van der Waals surface area contributed by atoms with Crippen LogP contribution < -0.4 is 0 Å². The maximum atomic E-state index is 12.2. The Morgan fingerprint density at radius 1 is 1.11 bits per heavy atom. The molecule has 1 aromatic carbocycles. The minimum atomic E-state index is -1.05. The van der Waals surface area contributed by atoms with Gasteiger partial charge >= 0.3 is 5.97 Å². The van der Waals surface area contributed by atoms with E-state index >= 15 is 0 Å². The first-order chi connectivity index (χ1) is 8.97. The largest absolute Gasteiger partial charge is 0.478 e. The van der Waals surface area contributed by atoms with Crippen LogP contribution in [0.4, 0.5) is 0 Å². The molecule has 1 N–H and O–H groups in total. The van der Waals surface area contributed by atoms with Crippen LogP contribution in [0.1, 0.15) is 26.3 Å². The van der Waals surface area contributed by atoms with Crippen molar-refractivity contribution in [2.75, 3.05) is 6.54 Å². The van der Waals surface area contributed by atoms with Crippen LogP contribution in [0.2, 0.25) is 0 Å². The number of rotatable bonds is 5. The molecule has 0 atom stereocenters. The highest BCUT2D eigenvalue weighted by Crippen LogP contribution is 2.11. The molecule has 0 fully saturated rings. The van der Waals surface area contributed by atoms with E-state index in [2.05, 4.69) is 0 Å². The standard InChI is InChI=1S/C15H19NO3/c1-4-16(10-13-8-6-5-7-9-13)14(17)11(2)12(3)15(18)19/h5-9H,4,10H2,1-3H3,(H,18,19)/b12-11-. The summed E-state index contributed by atoms with van der Waals surface area (Å²) in [5.41, 5.74) is 1.40. The number of carbonyl (C=O) groups excluding carboxylic acids is 1. The summed E-state index contributed by atoms with van der Waals surface area (Å²) in [6.07, 6.45) is 0. The molecule has 0 bridgehead atoms. The summed E-state index contributed by atoms with van der Waals surface area (Å²) >= 11 is 0. The molecule has 19 heavy (non-hydrogen) atoms. The molecule has 0 aromatic heterocycles. The molecular formula is C15H19NO3. The highest BCUT2D eigenvalue weighted by molar-refractivity contribution is 6.01. The predicted molar refractivity (Wildman–Crippen MR) is 73.5 cm³/mol. The van der Waals surface area contributed by atoms with E-state index in [9.17, 15) is 9.59 Å². The third-order valence-electron chi connectivity index (χ3n) is 3.09. The molecular weight excluding hydrogens is 242 g/mol. The number of carbonyl (C=O) groups is 2. The number of likely N-dealkylation sites (N-methyl/N-ethyl adjacent to an activating group) is 1. The Morgan fingerprint density at radius 3 is 2.16 bits per heavy atom. The summed E-state index contributed by atoms with van der Waals surface area (Å²) in [6, 6.07) is 9.64. The first-order valence-corrected chi connectivity index (χ1v) is 6.21. The normalized spacial score (nSPS) is 11.7. The number of hydrogen-bond donors (Lipinski definition) is 1. The van der Waals surface area contributed by atoms with Gasteiger partial charge in [0.15, 0.2) is 0 Å². The Balaban J connectivity index is 2.89. The fourth-order valence-corrected chi connectivity index (χ4v) is 1.69. The van der Waals surface area contributed by atoms with Crippen molar-refractivity contribution in [1.82, 2.24) is 4.90 Å². The maximum Gasteiger partial charge on any atom is 0.331 e. The molecule has 1 aromatic rings. The Morgan fingerprint density at radius 2 is 1.68 bits per heavy atom. The van der Waals surface area contributed by atoms with Crippen molar-refractivity contribution in [2.45, 2.75) is 27.3 Å². The lowest BCUT2D eigenvalue weighted by Gasteiger charge is -2.22. The molecule has 4 nitrogen and oxygen atoms in total. The van der Waals surface area contributed by atoms with E-state index in [1.807, 2.05) is 37.3 Å². The maximum absolute atomic E-state index is 12.2. The zero-order valence-electron chi connectivity index (χ0n) is 11.5. The molecule has 0 spiro atoms. The molecule has 4 heteroatoms. The molecule has 102 valence electrons. The first-order valence-electron chi connectivity index (χ1n) is 6.21. The number of nitrogens with zero attached hydrogens (tertiary/aromatic N) is 1. The zero-order chi connectivity index (χ0) is 14.4. The van der Waals surface area contributed by atoms with Gasteiger partial charge in [0.2, 0.25) is 5.91 Å². The van der Waals surface area contributed by atoms with Gasteiger partial charge in [0.25, 0.3) is 0 Å². The Kier molecular flexibility index (Phi) is 5.30. The smallest absolute Gasteiger partial charge is 0.331 e. The molecule has 1 amide bonds. The summed E-state index contributed by atoms with van der Waals surface area (Å²) in [4.78, 5) is 24.8. The predicted octanol–water partition coefficient (Wildman–Crippen LogP) is 2.46. The second-order valence-electron chi connectivity index (χ2n) is 4.36. The Labute approximate surface area is 113 Å². The van der Waals surface area contributed by atoms with Gasteiger partial charge in [-0.25, -0.2) is 4.79 Å². The number of hydrogen-bond acceptors (Lipinski definition) is 2. The molecule has 0 saturated carbocycles. The summed E-state index contributed by atoms with van der Waals surface area (Å²) in [6.45, 7) is 5.91. The molecule has 0 saturated heterocycles. The van der Waals surface area contributed by atoms with Crippen LogP contribution in [0.5, 0.6) is 0 Å². The number of amides is 1. The number of aliphatic carboxylic acids is 1. The van der Waals surface area contributed by atoms with Crippen molar-refractivity contribution < 1.29 is 14.7 Å². The van der Waals surface area contributed by atoms with Crippen molar-refractivity contribution in [2.24, 2.45) is 0 Å². The Bertz CT molecular complexity index is 491. The molecule has 0 aliphatic heterocycles. The average Bonchev–Trinajstić information content (AvgIpc) is 2.43. The van der Waals surface area contributed by atoms with Crippen molar-refractivity contribution in [3.8, 4) is 0 Å². The van der Waals surface area contributed by atoms with Crippen molar-refractivity contribution in [3.63, 3.8) is 0 Å². The van der Waals surface area contributed by atoms with Gasteiger partial charge in [-0.15, -0.1) is 0 Å². The minimum Gasteiger partial charge on any atom is -0.478 e. The van der Waals surface area contributed by atoms with E-state index in [0.717, 1.165) is 5.56 Å². The second-order valence-corrected chi connectivity index (χ2v) is 4.36. The quantitative estimate of drug-likeness (QED) is 0.828. The molecule has 0 aliphatic carbocycles. The highest BCUT2D eigenvalue weighted by atomic mass is 16.4. The lowest BCUT2D eigenvalue weighted by molar-refractivity contribution is -0.134. The van der Waals surface area contributed by atoms with Gasteiger partial charge in [0.1, 0.15) is 0 Å². The zero-order valence-corrected chi connectivity index (χ0v) is 11.5. The minimum absolute atomic E-state index is 0.0940. The summed E-state index contributed by atoms with van der Waals surface area (Å²) in [5, 5.41) is 8.92. The molecule has 0 heterocycles. The lowest BCUT2D eigenvalue weighted by atomic mass is 10.1. The fraction of sp³-hybridized carbons (Fsp3) is 0.333. The van der Waals surface area contributed by atoms with E-state index < -0.39 is 5.97 Å². The summed E-state index contributed by atoms with van der Waals surface area (Å²) < 4.78 is 0. The third kappa shape index (κ3) is 3.95. The fourth-order valence-electron chi connectivity index (χ4n) is 1.69. The van der Waals surface area contributed by atoms with Gasteiger partial charge in [0, 0.05) is 24.2 Å². The van der Waals surface area contributed by atoms with Crippen LogP contribution in [-0.2, 0) is 16.1 Å². The van der Waals surface area contributed by atoms with Crippen LogP contribution >= 0.6 is 0 Å².